The normalized spacial score (nSPS) is 21.1. The number of nitrogens with zero attached hydrogens (tertiary/aromatic N) is 2. The number of aromatic nitrogens is 1. The minimum atomic E-state index is -0.263. The summed E-state index contributed by atoms with van der Waals surface area (Å²) >= 11 is 3.81. The van der Waals surface area contributed by atoms with Crippen LogP contribution in [-0.2, 0) is 5.41 Å². The number of halogens is 1. The van der Waals surface area contributed by atoms with Crippen LogP contribution < -0.4 is 4.90 Å². The van der Waals surface area contributed by atoms with Crippen LogP contribution in [0.5, 0.6) is 0 Å². The van der Waals surface area contributed by atoms with E-state index in [9.17, 15) is 4.79 Å². The highest BCUT2D eigenvalue weighted by Gasteiger charge is 2.40. The number of carbonyl (C=O) groups excluding carboxylic acids is 1. The van der Waals surface area contributed by atoms with Gasteiger partial charge in [-0.25, -0.2) is 0 Å². The van der Waals surface area contributed by atoms with E-state index >= 15 is 0 Å². The van der Waals surface area contributed by atoms with Crippen molar-refractivity contribution in [2.45, 2.75) is 44.6 Å². The van der Waals surface area contributed by atoms with Crippen molar-refractivity contribution in [2.24, 2.45) is 0 Å². The number of hydrogen-bond donors (Lipinski definition) is 1. The summed E-state index contributed by atoms with van der Waals surface area (Å²) in [5.41, 5.74) is 5.81. The molecule has 31 heavy (non-hydrogen) atoms. The predicted octanol–water partition coefficient (Wildman–Crippen LogP) is 5.48. The molecule has 1 aromatic heterocycles. The van der Waals surface area contributed by atoms with Crippen molar-refractivity contribution >= 4 is 38.3 Å². The fraction of sp³-hybridized carbons (Fsp3) is 0.423. The highest BCUT2D eigenvalue weighted by Crippen LogP contribution is 2.46. The Hall–Kier alpha value is -2.11. The number of carbonyl (C=O) groups is 1. The van der Waals surface area contributed by atoms with E-state index in [1.165, 1.54) is 24.9 Å². The number of rotatable bonds is 2. The van der Waals surface area contributed by atoms with E-state index in [2.05, 4.69) is 68.8 Å². The molecule has 2 aromatic carbocycles. The molecule has 2 aliphatic carbocycles. The number of hydrogen-bond acceptors (Lipinski definition) is 3. The van der Waals surface area contributed by atoms with Gasteiger partial charge in [0.1, 0.15) is 0 Å². The zero-order valence-corrected chi connectivity index (χ0v) is 19.8. The molecule has 1 saturated carbocycles. The Morgan fingerprint density at radius 3 is 2.52 bits per heavy atom. The van der Waals surface area contributed by atoms with Gasteiger partial charge in [0, 0.05) is 64.3 Å². The summed E-state index contributed by atoms with van der Waals surface area (Å²) in [5, 5.41) is 1.02. The van der Waals surface area contributed by atoms with Crippen molar-refractivity contribution in [1.82, 2.24) is 9.88 Å². The molecule has 0 amide bonds. The van der Waals surface area contributed by atoms with Gasteiger partial charge < -0.3 is 9.88 Å². The Balaban J connectivity index is 1.40. The smallest absolute Gasteiger partial charge is 0.195 e. The third-order valence-electron chi connectivity index (χ3n) is 7.81. The largest absolute Gasteiger partial charge is 0.368 e. The van der Waals surface area contributed by atoms with Crippen LogP contribution in [0.2, 0.25) is 0 Å². The molecule has 0 radical (unpaired) electrons. The summed E-state index contributed by atoms with van der Waals surface area (Å²) in [7, 11) is 0. The van der Waals surface area contributed by atoms with Crippen LogP contribution in [0.4, 0.5) is 5.69 Å². The van der Waals surface area contributed by atoms with E-state index in [0.29, 0.717) is 0 Å². The van der Waals surface area contributed by atoms with Gasteiger partial charge in [-0.2, -0.15) is 0 Å². The number of fused-ring (bicyclic) bond motifs is 4. The number of nitrogens with one attached hydrogen (secondary N) is 1. The first-order valence-corrected chi connectivity index (χ1v) is 12.2. The molecule has 1 N–H and O–H groups in total. The van der Waals surface area contributed by atoms with Gasteiger partial charge in [-0.15, -0.1) is 0 Å². The summed E-state index contributed by atoms with van der Waals surface area (Å²) in [6.45, 7) is 8.81. The summed E-state index contributed by atoms with van der Waals surface area (Å²) in [4.78, 5) is 22.3. The van der Waals surface area contributed by atoms with Crippen molar-refractivity contribution in [1.29, 1.82) is 0 Å². The van der Waals surface area contributed by atoms with Crippen LogP contribution in [0, 0.1) is 0 Å². The third kappa shape index (κ3) is 2.86. The van der Waals surface area contributed by atoms with E-state index in [1.807, 2.05) is 12.1 Å². The molecule has 5 heteroatoms. The molecule has 0 unspecified atom stereocenters. The molecule has 2 heterocycles. The van der Waals surface area contributed by atoms with Gasteiger partial charge >= 0.3 is 0 Å². The zero-order valence-electron chi connectivity index (χ0n) is 18.2. The number of anilines is 1. The average Bonchev–Trinajstić information content (AvgIpc) is 3.12. The summed E-state index contributed by atoms with van der Waals surface area (Å²) in [6, 6.07) is 13.3. The lowest BCUT2D eigenvalue weighted by Crippen LogP contribution is -2.52. The van der Waals surface area contributed by atoms with Gasteiger partial charge in [0.05, 0.1) is 11.3 Å². The Morgan fingerprint density at radius 1 is 1.06 bits per heavy atom. The van der Waals surface area contributed by atoms with E-state index in [0.717, 1.165) is 70.0 Å². The fourth-order valence-electron chi connectivity index (χ4n) is 5.70. The highest BCUT2D eigenvalue weighted by atomic mass is 79.9. The number of piperazine rings is 1. The molecule has 6 rings (SSSR count). The van der Waals surface area contributed by atoms with E-state index < -0.39 is 0 Å². The minimum Gasteiger partial charge on any atom is -0.368 e. The van der Waals surface area contributed by atoms with Crippen molar-refractivity contribution in [3.05, 3.63) is 63.3 Å². The quantitative estimate of drug-likeness (QED) is 0.531. The molecule has 4 nitrogen and oxygen atoms in total. The Labute approximate surface area is 191 Å². The topological polar surface area (TPSA) is 39.3 Å². The van der Waals surface area contributed by atoms with Crippen molar-refractivity contribution in [3.8, 4) is 0 Å². The molecule has 3 aliphatic rings. The van der Waals surface area contributed by atoms with Crippen molar-refractivity contribution in [2.75, 3.05) is 31.1 Å². The monoisotopic (exact) mass is 477 g/mol. The minimum absolute atomic E-state index is 0.129. The lowest BCUT2D eigenvalue weighted by Gasteiger charge is -2.44. The SMILES string of the molecule is CC1(C)c2cc(N3CCN(C4CCC4)CC3)c(Br)cc2C(=O)c2c1[nH]c1ccccc21. The third-order valence-corrected chi connectivity index (χ3v) is 8.44. The van der Waals surface area contributed by atoms with Gasteiger partial charge in [0.25, 0.3) is 0 Å². The standard InChI is InChI=1S/C26H28BrN3O/c1-26(2)19-15-22(30-12-10-29(11-13-30)16-6-5-7-16)20(27)14-18(19)24(31)23-17-8-3-4-9-21(17)28-25(23)26/h3-4,8-9,14-16,28H,5-7,10-13H2,1-2H3. The zero-order chi connectivity index (χ0) is 21.3. The van der Waals surface area contributed by atoms with Gasteiger partial charge in [0.15, 0.2) is 5.78 Å². The second kappa shape index (κ2) is 6.94. The first-order valence-electron chi connectivity index (χ1n) is 11.4. The number of ketones is 1. The number of para-hydroxylation sites is 1. The molecular weight excluding hydrogens is 450 g/mol. The first kappa shape index (κ1) is 19.6. The van der Waals surface area contributed by atoms with Gasteiger partial charge in [-0.3, -0.25) is 9.69 Å². The molecular formula is C26H28BrN3O. The van der Waals surface area contributed by atoms with Gasteiger partial charge in [-0.05, 0) is 52.5 Å². The first-order chi connectivity index (χ1) is 14.9. The van der Waals surface area contributed by atoms with Crippen molar-refractivity contribution in [3.63, 3.8) is 0 Å². The average molecular weight is 478 g/mol. The van der Waals surface area contributed by atoms with E-state index in [-0.39, 0.29) is 11.2 Å². The molecule has 1 aliphatic heterocycles. The van der Waals surface area contributed by atoms with Crippen LogP contribution >= 0.6 is 15.9 Å². The molecule has 1 saturated heterocycles. The Bertz CT molecular complexity index is 1200. The summed E-state index contributed by atoms with van der Waals surface area (Å²) in [5.74, 6) is 0.129. The number of benzene rings is 2. The lowest BCUT2D eigenvalue weighted by molar-refractivity contribution is 0.103. The Morgan fingerprint density at radius 2 is 1.81 bits per heavy atom. The van der Waals surface area contributed by atoms with Crippen molar-refractivity contribution < 1.29 is 4.79 Å². The fourth-order valence-corrected chi connectivity index (χ4v) is 6.30. The molecule has 0 bridgehead atoms. The molecule has 3 aromatic rings. The van der Waals surface area contributed by atoms with Gasteiger partial charge in [0.2, 0.25) is 0 Å². The molecule has 0 atom stereocenters. The van der Waals surface area contributed by atoms with Gasteiger partial charge in [-0.1, -0.05) is 38.5 Å². The highest BCUT2D eigenvalue weighted by molar-refractivity contribution is 9.10. The van der Waals surface area contributed by atoms with Crippen LogP contribution in [0.15, 0.2) is 40.9 Å². The second-order valence-corrected chi connectivity index (χ2v) is 10.7. The number of H-pyrrole nitrogens is 1. The Kier molecular flexibility index (Phi) is 4.38. The lowest BCUT2D eigenvalue weighted by atomic mass is 9.71. The summed E-state index contributed by atoms with van der Waals surface area (Å²) < 4.78 is 1.02. The molecule has 160 valence electrons. The van der Waals surface area contributed by atoms with Crippen LogP contribution in [0.25, 0.3) is 10.9 Å². The maximum absolute atomic E-state index is 13.6. The van der Waals surface area contributed by atoms with Crippen LogP contribution in [-0.4, -0.2) is 47.9 Å². The molecule has 2 fully saturated rings. The van der Waals surface area contributed by atoms with E-state index in [1.54, 1.807) is 0 Å². The van der Waals surface area contributed by atoms with Crippen LogP contribution in [0.3, 0.4) is 0 Å². The van der Waals surface area contributed by atoms with Crippen LogP contribution in [0.1, 0.15) is 60.3 Å². The second-order valence-electron chi connectivity index (χ2n) is 9.83. The molecule has 0 spiro atoms. The van der Waals surface area contributed by atoms with E-state index in [4.69, 9.17) is 0 Å². The number of aromatic amines is 1. The maximum atomic E-state index is 13.6. The maximum Gasteiger partial charge on any atom is 0.195 e. The predicted molar refractivity (Wildman–Crippen MR) is 129 cm³/mol. The summed E-state index contributed by atoms with van der Waals surface area (Å²) in [6.07, 6.45) is 4.12.